The lowest BCUT2D eigenvalue weighted by Crippen LogP contribution is -2.45. The number of aliphatic imine (C=N–C) groups is 1. The van der Waals surface area contributed by atoms with E-state index in [1.165, 1.54) is 19.2 Å². The van der Waals surface area contributed by atoms with Crippen molar-refractivity contribution in [2.24, 2.45) is 4.99 Å². The van der Waals surface area contributed by atoms with Crippen LogP contribution in [0.1, 0.15) is 25.0 Å². The van der Waals surface area contributed by atoms with Gasteiger partial charge in [0.1, 0.15) is 5.75 Å². The van der Waals surface area contributed by atoms with Crippen molar-refractivity contribution in [3.05, 3.63) is 23.3 Å². The first-order valence-corrected chi connectivity index (χ1v) is 9.06. The van der Waals surface area contributed by atoms with E-state index >= 15 is 0 Å². The summed E-state index contributed by atoms with van der Waals surface area (Å²) in [6.07, 6.45) is -3.22. The lowest BCUT2D eigenvalue weighted by Gasteiger charge is -2.32. The van der Waals surface area contributed by atoms with E-state index in [-0.39, 0.29) is 11.3 Å². The second-order valence-electron chi connectivity index (χ2n) is 5.65. The largest absolute Gasteiger partial charge is 0.496 e. The normalized spacial score (nSPS) is 14.6. The second kappa shape index (κ2) is 8.80. The van der Waals surface area contributed by atoms with Crippen molar-refractivity contribution in [3.63, 3.8) is 0 Å². The van der Waals surface area contributed by atoms with Gasteiger partial charge in [-0.25, -0.2) is 4.99 Å². The molecule has 0 aliphatic heterocycles. The van der Waals surface area contributed by atoms with Crippen LogP contribution >= 0.6 is 11.8 Å². The molecule has 1 aromatic rings. The smallest absolute Gasteiger partial charge is 0.422 e. The lowest BCUT2D eigenvalue weighted by molar-refractivity contribution is -0.256. The molecule has 0 bridgehead atoms. The number of rotatable bonds is 8. The summed E-state index contributed by atoms with van der Waals surface area (Å²) in [6.45, 7) is 6.11. The van der Waals surface area contributed by atoms with Crippen LogP contribution in [0.5, 0.6) is 5.75 Å². The van der Waals surface area contributed by atoms with Crippen LogP contribution in [-0.2, 0) is 5.60 Å². The van der Waals surface area contributed by atoms with Crippen LogP contribution in [0.3, 0.4) is 0 Å². The Morgan fingerprint density at radius 3 is 2.44 bits per heavy atom. The minimum Gasteiger partial charge on any atom is -0.496 e. The van der Waals surface area contributed by atoms with Gasteiger partial charge in [-0.05, 0) is 31.2 Å². The monoisotopic (exact) mass is 378 g/mol. The second-order valence-corrected chi connectivity index (χ2v) is 6.93. The fourth-order valence-electron chi connectivity index (χ4n) is 2.11. The number of thioether (sulfide) groups is 1. The Labute approximate surface area is 151 Å². The maximum Gasteiger partial charge on any atom is 0.422 e. The van der Waals surface area contributed by atoms with E-state index in [9.17, 15) is 18.3 Å². The Kier molecular flexibility index (Phi) is 7.62. The fraction of sp³-hybridized carbons (Fsp3) is 0.588. The van der Waals surface area contributed by atoms with E-state index in [1.807, 2.05) is 18.9 Å². The van der Waals surface area contributed by atoms with E-state index in [2.05, 4.69) is 4.99 Å². The Morgan fingerprint density at radius 1 is 1.32 bits per heavy atom. The molecule has 0 saturated carbocycles. The number of benzene rings is 1. The van der Waals surface area contributed by atoms with Gasteiger partial charge in [-0.2, -0.15) is 24.9 Å². The Hall–Kier alpha value is -1.41. The molecule has 0 amide bonds. The van der Waals surface area contributed by atoms with Gasteiger partial charge in [0.15, 0.2) is 5.60 Å². The number of aliphatic hydroxyl groups is 1. The molecule has 4 nitrogen and oxygen atoms in total. The first kappa shape index (κ1) is 21.6. The Morgan fingerprint density at radius 2 is 1.96 bits per heavy atom. The quantitative estimate of drug-likeness (QED) is 0.546. The lowest BCUT2D eigenvalue weighted by atomic mass is 9.92. The van der Waals surface area contributed by atoms with Gasteiger partial charge in [0.05, 0.1) is 19.1 Å². The average molecular weight is 378 g/mol. The van der Waals surface area contributed by atoms with Crippen molar-refractivity contribution in [1.82, 2.24) is 4.90 Å². The maximum absolute atomic E-state index is 13.6. The summed E-state index contributed by atoms with van der Waals surface area (Å²) in [5, 5.41) is 10.5. The molecule has 0 aliphatic carbocycles. The molecule has 1 aromatic carbocycles. The number of methoxy groups -OCH3 is 1. The summed E-state index contributed by atoms with van der Waals surface area (Å²) in [7, 11) is 3.12. The molecule has 0 fully saturated rings. The minimum absolute atomic E-state index is 0.0339. The zero-order valence-corrected chi connectivity index (χ0v) is 16.0. The number of ether oxygens (including phenoxy) is 1. The van der Waals surface area contributed by atoms with Crippen molar-refractivity contribution >= 4 is 23.8 Å². The third-order valence-electron chi connectivity index (χ3n) is 3.84. The highest BCUT2D eigenvalue weighted by atomic mass is 32.2. The number of hydrogen-bond acceptors (Lipinski definition) is 4. The Bertz CT molecular complexity index is 608. The highest BCUT2D eigenvalue weighted by Crippen LogP contribution is 2.46. The van der Waals surface area contributed by atoms with Crippen LogP contribution in [0, 0.1) is 6.92 Å². The summed E-state index contributed by atoms with van der Waals surface area (Å²) in [5.74, 6) is -0.0662. The summed E-state index contributed by atoms with van der Waals surface area (Å²) < 4.78 is 46.0. The zero-order valence-electron chi connectivity index (χ0n) is 15.1. The predicted octanol–water partition coefficient (Wildman–Crippen LogP) is 4.12. The van der Waals surface area contributed by atoms with Crippen molar-refractivity contribution < 1.29 is 23.0 Å². The van der Waals surface area contributed by atoms with Crippen LogP contribution in [0.15, 0.2) is 17.1 Å². The Balaban J connectivity index is 3.43. The van der Waals surface area contributed by atoms with E-state index in [0.717, 1.165) is 18.3 Å². The molecule has 1 N–H and O–H groups in total. The van der Waals surface area contributed by atoms with E-state index in [0.29, 0.717) is 17.0 Å². The zero-order chi connectivity index (χ0) is 19.3. The summed E-state index contributed by atoms with van der Waals surface area (Å²) >= 11 is 1.02. The number of aryl methyl sites for hydroxylation is 1. The van der Waals surface area contributed by atoms with E-state index < -0.39 is 17.5 Å². The first-order valence-electron chi connectivity index (χ1n) is 7.91. The molecule has 25 heavy (non-hydrogen) atoms. The molecule has 8 heteroatoms. The van der Waals surface area contributed by atoms with Crippen LogP contribution < -0.4 is 4.74 Å². The molecule has 0 aromatic heterocycles. The van der Waals surface area contributed by atoms with Gasteiger partial charge in [0.25, 0.3) is 0 Å². The molecule has 1 rings (SSSR count). The molecular weight excluding hydrogens is 353 g/mol. The van der Waals surface area contributed by atoms with Gasteiger partial charge in [-0.1, -0.05) is 6.92 Å². The van der Waals surface area contributed by atoms with Crippen LogP contribution in [0.4, 0.5) is 18.9 Å². The third kappa shape index (κ3) is 5.04. The van der Waals surface area contributed by atoms with Gasteiger partial charge in [0, 0.05) is 31.0 Å². The third-order valence-corrected chi connectivity index (χ3v) is 4.87. The van der Waals surface area contributed by atoms with Gasteiger partial charge in [0.2, 0.25) is 0 Å². The molecule has 0 heterocycles. The maximum atomic E-state index is 13.6. The molecular formula is C17H25F3N2O2S. The van der Waals surface area contributed by atoms with E-state index in [4.69, 9.17) is 4.74 Å². The molecule has 0 aliphatic rings. The number of hydrogen-bond donors (Lipinski definition) is 1. The number of alkyl halides is 3. The highest BCUT2D eigenvalue weighted by molar-refractivity contribution is 7.99. The molecule has 142 valence electrons. The molecule has 0 radical (unpaired) electrons. The van der Waals surface area contributed by atoms with Crippen molar-refractivity contribution in [1.29, 1.82) is 0 Å². The summed E-state index contributed by atoms with van der Waals surface area (Å²) in [5.41, 5.74) is -2.25. The van der Waals surface area contributed by atoms with Crippen molar-refractivity contribution in [3.8, 4) is 5.75 Å². The fourth-order valence-corrected chi connectivity index (χ4v) is 2.93. The topological polar surface area (TPSA) is 45.1 Å². The molecule has 0 saturated heterocycles. The summed E-state index contributed by atoms with van der Waals surface area (Å²) in [4.78, 5) is 6.12. The van der Waals surface area contributed by atoms with Gasteiger partial charge in [-0.15, -0.1) is 0 Å². The highest BCUT2D eigenvalue weighted by Gasteiger charge is 2.56. The number of nitrogens with zero attached hydrogens (tertiary/aromatic N) is 2. The predicted molar refractivity (Wildman–Crippen MR) is 97.1 cm³/mol. The van der Waals surface area contributed by atoms with Gasteiger partial charge < -0.3 is 14.7 Å². The van der Waals surface area contributed by atoms with Gasteiger partial charge in [-0.3, -0.25) is 0 Å². The number of halogens is 3. The van der Waals surface area contributed by atoms with Crippen LogP contribution in [0.25, 0.3) is 0 Å². The van der Waals surface area contributed by atoms with Crippen LogP contribution in [-0.4, -0.2) is 54.7 Å². The van der Waals surface area contributed by atoms with Crippen LogP contribution in [0.2, 0.25) is 0 Å². The van der Waals surface area contributed by atoms with Crippen molar-refractivity contribution in [2.75, 3.05) is 32.2 Å². The first-order chi connectivity index (χ1) is 11.6. The van der Waals surface area contributed by atoms with Crippen molar-refractivity contribution in [2.45, 2.75) is 32.5 Å². The van der Waals surface area contributed by atoms with Gasteiger partial charge >= 0.3 is 6.18 Å². The molecule has 0 spiro atoms. The molecule has 1 atom stereocenters. The molecule has 1 unspecified atom stereocenters. The SMILES string of the molecule is CCSCC(O)(c1cc(C)c(/N=C/N(C)CC)cc1OC)C(F)(F)F. The van der Waals surface area contributed by atoms with E-state index in [1.54, 1.807) is 20.2 Å². The standard InChI is InChI=1S/C17H25F3N2O2S/c1-6-22(4)11-21-14-9-15(24-5)13(8-12(14)3)16(23,10-25-7-2)17(18,19)20/h8-9,11,23H,6-7,10H2,1-5H3/b21-11+. The average Bonchev–Trinajstić information content (AvgIpc) is 2.56. The summed E-state index contributed by atoms with van der Waals surface area (Å²) in [6, 6.07) is 2.74. The minimum atomic E-state index is -4.82.